The number of nitrogens with one attached hydrogen (secondary N) is 2. The van der Waals surface area contributed by atoms with Crippen LogP contribution in [0.5, 0.6) is 0 Å². The second-order valence-corrected chi connectivity index (χ2v) is 8.37. The van der Waals surface area contributed by atoms with Gasteiger partial charge >= 0.3 is 0 Å². The number of aromatic nitrogens is 3. The van der Waals surface area contributed by atoms with Gasteiger partial charge < -0.3 is 16.4 Å². The molecular weight excluding hydrogens is 420 g/mol. The van der Waals surface area contributed by atoms with Crippen LogP contribution in [0.15, 0.2) is 48.5 Å². The van der Waals surface area contributed by atoms with Gasteiger partial charge in [-0.1, -0.05) is 48.0 Å². The number of hydrogen-bond acceptors (Lipinski definition) is 7. The fraction of sp³-hybridized carbons (Fsp3) is 0.238. The van der Waals surface area contributed by atoms with Crippen molar-refractivity contribution in [2.45, 2.75) is 31.4 Å². The number of nitrogens with zero attached hydrogens (tertiary/aromatic N) is 3. The van der Waals surface area contributed by atoms with Gasteiger partial charge in [0.25, 0.3) is 0 Å². The standard InChI is InChI=1S/C21H23ClN6OS/c1-13-7-3-6-10-17(13)25-21-27-18(26-20(23)28-21)12-30-14(2)19(29)24-11-15-8-4-5-9-16(15)22/h3-10,14H,11-12H2,1-2H3,(H,24,29)(H3,23,25,26,27,28). The van der Waals surface area contributed by atoms with Crippen molar-refractivity contribution in [2.24, 2.45) is 0 Å². The first-order valence-electron chi connectivity index (χ1n) is 9.38. The number of hydrogen-bond donors (Lipinski definition) is 3. The summed E-state index contributed by atoms with van der Waals surface area (Å²) in [7, 11) is 0. The topological polar surface area (TPSA) is 106 Å². The van der Waals surface area contributed by atoms with E-state index in [-0.39, 0.29) is 17.1 Å². The van der Waals surface area contributed by atoms with Crippen molar-refractivity contribution >= 4 is 46.9 Å². The van der Waals surface area contributed by atoms with Gasteiger partial charge in [-0.2, -0.15) is 15.0 Å². The molecule has 0 bridgehead atoms. The van der Waals surface area contributed by atoms with Gasteiger partial charge in [-0.15, -0.1) is 11.8 Å². The highest BCUT2D eigenvalue weighted by Gasteiger charge is 2.15. The van der Waals surface area contributed by atoms with Crippen LogP contribution in [0, 0.1) is 6.92 Å². The molecule has 1 amide bonds. The van der Waals surface area contributed by atoms with E-state index in [1.165, 1.54) is 11.8 Å². The average molecular weight is 443 g/mol. The van der Waals surface area contributed by atoms with Crippen molar-refractivity contribution in [1.29, 1.82) is 0 Å². The second kappa shape index (κ2) is 10.3. The Morgan fingerprint density at radius 2 is 1.87 bits per heavy atom. The normalized spacial score (nSPS) is 11.7. The zero-order valence-corrected chi connectivity index (χ0v) is 18.3. The number of anilines is 3. The van der Waals surface area contributed by atoms with Gasteiger partial charge in [0.1, 0.15) is 5.82 Å². The number of benzene rings is 2. The molecule has 1 unspecified atom stereocenters. The Balaban J connectivity index is 1.57. The van der Waals surface area contributed by atoms with Gasteiger partial charge in [0.2, 0.25) is 17.8 Å². The summed E-state index contributed by atoms with van der Waals surface area (Å²) in [5, 5.41) is 6.41. The molecule has 0 fully saturated rings. The summed E-state index contributed by atoms with van der Waals surface area (Å²) in [6, 6.07) is 15.3. The molecule has 2 aromatic carbocycles. The number of rotatable bonds is 8. The highest BCUT2D eigenvalue weighted by molar-refractivity contribution is 7.99. The Morgan fingerprint density at radius 3 is 2.63 bits per heavy atom. The second-order valence-electron chi connectivity index (χ2n) is 6.64. The third-order valence-electron chi connectivity index (χ3n) is 4.33. The van der Waals surface area contributed by atoms with Crippen LogP contribution in [0.1, 0.15) is 23.9 Å². The Kier molecular flexibility index (Phi) is 7.48. The number of aryl methyl sites for hydroxylation is 1. The number of para-hydroxylation sites is 1. The smallest absolute Gasteiger partial charge is 0.233 e. The van der Waals surface area contributed by atoms with E-state index in [9.17, 15) is 4.79 Å². The quantitative estimate of drug-likeness (QED) is 0.482. The van der Waals surface area contributed by atoms with Crippen LogP contribution in [-0.2, 0) is 17.1 Å². The molecule has 0 saturated heterocycles. The predicted molar refractivity (Wildman–Crippen MR) is 123 cm³/mol. The molecule has 30 heavy (non-hydrogen) atoms. The highest BCUT2D eigenvalue weighted by atomic mass is 35.5. The van der Waals surface area contributed by atoms with E-state index in [1.54, 1.807) is 6.07 Å². The Morgan fingerprint density at radius 1 is 1.13 bits per heavy atom. The molecule has 1 atom stereocenters. The van der Waals surface area contributed by atoms with Crippen LogP contribution in [0.3, 0.4) is 0 Å². The number of carbonyl (C=O) groups is 1. The molecule has 0 spiro atoms. The maximum atomic E-state index is 12.4. The lowest BCUT2D eigenvalue weighted by atomic mass is 10.2. The van der Waals surface area contributed by atoms with E-state index < -0.39 is 0 Å². The number of nitrogens with two attached hydrogens (primary N) is 1. The van der Waals surface area contributed by atoms with Crippen molar-refractivity contribution in [3.63, 3.8) is 0 Å². The third-order valence-corrected chi connectivity index (χ3v) is 5.84. The molecule has 3 aromatic rings. The molecule has 0 aliphatic rings. The zero-order valence-electron chi connectivity index (χ0n) is 16.7. The SMILES string of the molecule is Cc1ccccc1Nc1nc(N)nc(CSC(C)C(=O)NCc2ccccc2Cl)n1. The summed E-state index contributed by atoms with van der Waals surface area (Å²) in [5.74, 6) is 1.36. The molecule has 156 valence electrons. The first kappa shape index (κ1) is 21.9. The maximum Gasteiger partial charge on any atom is 0.233 e. The molecular formula is C21H23ClN6OS. The predicted octanol–water partition coefficient (Wildman–Crippen LogP) is 4.10. The first-order chi connectivity index (χ1) is 14.4. The van der Waals surface area contributed by atoms with Crippen LogP contribution < -0.4 is 16.4 Å². The molecule has 0 aliphatic carbocycles. The maximum absolute atomic E-state index is 12.4. The van der Waals surface area contributed by atoms with Gasteiger partial charge in [0, 0.05) is 17.3 Å². The van der Waals surface area contributed by atoms with Crippen molar-refractivity contribution < 1.29 is 4.79 Å². The van der Waals surface area contributed by atoms with Crippen LogP contribution in [-0.4, -0.2) is 26.1 Å². The van der Waals surface area contributed by atoms with Gasteiger partial charge in [-0.25, -0.2) is 0 Å². The summed E-state index contributed by atoms with van der Waals surface area (Å²) in [4.78, 5) is 25.1. The Bertz CT molecular complexity index is 1030. The fourth-order valence-electron chi connectivity index (χ4n) is 2.64. The lowest BCUT2D eigenvalue weighted by Crippen LogP contribution is -2.30. The molecule has 1 heterocycles. The van der Waals surface area contributed by atoms with Crippen LogP contribution in [0.25, 0.3) is 0 Å². The van der Waals surface area contributed by atoms with E-state index in [2.05, 4.69) is 25.6 Å². The number of thioether (sulfide) groups is 1. The third kappa shape index (κ3) is 6.08. The first-order valence-corrected chi connectivity index (χ1v) is 10.8. The summed E-state index contributed by atoms with van der Waals surface area (Å²) in [5.41, 5.74) is 8.68. The minimum absolute atomic E-state index is 0.0831. The number of amides is 1. The molecule has 4 N–H and O–H groups in total. The van der Waals surface area contributed by atoms with E-state index in [4.69, 9.17) is 17.3 Å². The summed E-state index contributed by atoms with van der Waals surface area (Å²) < 4.78 is 0. The molecule has 0 aliphatic heterocycles. The summed E-state index contributed by atoms with van der Waals surface area (Å²) in [6.45, 7) is 4.21. The molecule has 7 nitrogen and oxygen atoms in total. The van der Waals surface area contributed by atoms with E-state index in [1.807, 2.05) is 56.3 Å². The molecule has 0 saturated carbocycles. The lowest BCUT2D eigenvalue weighted by Gasteiger charge is -2.13. The average Bonchev–Trinajstić information content (AvgIpc) is 2.72. The number of nitrogen functional groups attached to an aromatic ring is 1. The van der Waals surface area contributed by atoms with Gasteiger partial charge in [0.15, 0.2) is 0 Å². The number of halogens is 1. The molecule has 9 heteroatoms. The number of carbonyl (C=O) groups excluding carboxylic acids is 1. The largest absolute Gasteiger partial charge is 0.368 e. The van der Waals surface area contributed by atoms with Crippen LogP contribution in [0.2, 0.25) is 5.02 Å². The fourth-order valence-corrected chi connectivity index (χ4v) is 3.60. The van der Waals surface area contributed by atoms with E-state index in [0.29, 0.717) is 29.1 Å². The van der Waals surface area contributed by atoms with E-state index in [0.717, 1.165) is 16.8 Å². The minimum atomic E-state index is -0.293. The van der Waals surface area contributed by atoms with Gasteiger partial charge in [-0.3, -0.25) is 4.79 Å². The Hall–Kier alpha value is -2.84. The van der Waals surface area contributed by atoms with Crippen molar-refractivity contribution in [3.8, 4) is 0 Å². The molecule has 0 radical (unpaired) electrons. The van der Waals surface area contributed by atoms with Crippen molar-refractivity contribution in [1.82, 2.24) is 20.3 Å². The Labute approximate surface area is 184 Å². The monoisotopic (exact) mass is 442 g/mol. The van der Waals surface area contributed by atoms with Gasteiger partial charge in [0.05, 0.1) is 11.0 Å². The van der Waals surface area contributed by atoms with Crippen molar-refractivity contribution in [3.05, 3.63) is 70.5 Å². The highest BCUT2D eigenvalue weighted by Crippen LogP contribution is 2.21. The minimum Gasteiger partial charge on any atom is -0.368 e. The molecule has 3 rings (SSSR count). The van der Waals surface area contributed by atoms with Gasteiger partial charge in [-0.05, 0) is 37.1 Å². The molecule has 1 aromatic heterocycles. The lowest BCUT2D eigenvalue weighted by molar-refractivity contribution is -0.120. The van der Waals surface area contributed by atoms with E-state index >= 15 is 0 Å². The summed E-state index contributed by atoms with van der Waals surface area (Å²) in [6.07, 6.45) is 0. The van der Waals surface area contributed by atoms with Crippen LogP contribution >= 0.6 is 23.4 Å². The van der Waals surface area contributed by atoms with Crippen molar-refractivity contribution in [2.75, 3.05) is 11.1 Å². The van der Waals surface area contributed by atoms with Crippen LogP contribution in [0.4, 0.5) is 17.6 Å². The summed E-state index contributed by atoms with van der Waals surface area (Å²) >= 11 is 7.55. The zero-order chi connectivity index (χ0) is 21.5.